The number of fused-ring (bicyclic) bond motifs is 1. The molecule has 0 aliphatic heterocycles. The quantitative estimate of drug-likeness (QED) is 0.514. The highest BCUT2D eigenvalue weighted by atomic mass is 32.2. The average Bonchev–Trinajstić information content (AvgIpc) is 2.65. The molecule has 5 nitrogen and oxygen atoms in total. The lowest BCUT2D eigenvalue weighted by Gasteiger charge is -2.18. The smallest absolute Gasteiger partial charge is 0.262 e. The molecular weight excluding hydrogens is 346 g/mol. The van der Waals surface area contributed by atoms with Crippen molar-refractivity contribution in [1.29, 1.82) is 0 Å². The van der Waals surface area contributed by atoms with Gasteiger partial charge in [0.15, 0.2) is 5.16 Å². The van der Waals surface area contributed by atoms with Crippen molar-refractivity contribution in [3.8, 4) is 0 Å². The number of carbonyl (C=O) groups is 1. The van der Waals surface area contributed by atoms with Crippen LogP contribution in [0.15, 0.2) is 64.5 Å². The minimum atomic E-state index is -0.333. The fraction of sp³-hybridized carbons (Fsp3) is 0.250. The Morgan fingerprint density at radius 2 is 1.77 bits per heavy atom. The number of hydrogen-bond acceptors (Lipinski definition) is 4. The number of thioether (sulfide) groups is 1. The summed E-state index contributed by atoms with van der Waals surface area (Å²) < 4.78 is 1.65. The van der Waals surface area contributed by atoms with E-state index in [4.69, 9.17) is 0 Å². The van der Waals surface area contributed by atoms with Crippen LogP contribution in [0.2, 0.25) is 0 Å². The van der Waals surface area contributed by atoms with E-state index >= 15 is 0 Å². The molecule has 0 saturated carbocycles. The van der Waals surface area contributed by atoms with Crippen LogP contribution in [0.5, 0.6) is 0 Å². The van der Waals surface area contributed by atoms with E-state index in [9.17, 15) is 9.59 Å². The number of rotatable bonds is 5. The Hall–Kier alpha value is -2.60. The van der Waals surface area contributed by atoms with Gasteiger partial charge in [0.05, 0.1) is 22.7 Å². The third-order valence-corrected chi connectivity index (χ3v) is 5.16. The van der Waals surface area contributed by atoms with Crippen LogP contribution in [0.1, 0.15) is 12.5 Å². The molecule has 6 heteroatoms. The number of aromatic nitrogens is 2. The molecule has 0 unspecified atom stereocenters. The normalized spacial score (nSPS) is 12.1. The van der Waals surface area contributed by atoms with Gasteiger partial charge in [0, 0.05) is 14.1 Å². The summed E-state index contributed by atoms with van der Waals surface area (Å²) in [5.74, 6) is -0.0105. The number of carbonyl (C=O) groups excluding carboxylic acids is 1. The van der Waals surface area contributed by atoms with Gasteiger partial charge < -0.3 is 4.90 Å². The van der Waals surface area contributed by atoms with Crippen molar-refractivity contribution in [3.05, 3.63) is 70.5 Å². The molecule has 3 rings (SSSR count). The largest absolute Gasteiger partial charge is 0.348 e. The van der Waals surface area contributed by atoms with E-state index < -0.39 is 0 Å². The van der Waals surface area contributed by atoms with Crippen LogP contribution in [-0.2, 0) is 11.3 Å². The molecule has 1 atom stereocenters. The standard InChI is InChI=1S/C20H21N3O2S/c1-14(18(24)22(2)3)26-20-21-17-12-8-7-11-16(17)19(25)23(20)13-15-9-5-4-6-10-15/h4-12,14H,13H2,1-3H3/t14-/m1/s1. The highest BCUT2D eigenvalue weighted by molar-refractivity contribution is 8.00. The Bertz CT molecular complexity index is 983. The predicted octanol–water partition coefficient (Wildman–Crippen LogP) is 3.01. The fourth-order valence-electron chi connectivity index (χ4n) is 2.72. The zero-order valence-corrected chi connectivity index (χ0v) is 15.9. The molecule has 0 bridgehead atoms. The molecule has 1 aromatic heterocycles. The maximum absolute atomic E-state index is 13.1. The van der Waals surface area contributed by atoms with Crippen LogP contribution >= 0.6 is 11.8 Å². The minimum Gasteiger partial charge on any atom is -0.348 e. The number of para-hydroxylation sites is 1. The zero-order chi connectivity index (χ0) is 18.7. The van der Waals surface area contributed by atoms with Gasteiger partial charge in [-0.3, -0.25) is 14.2 Å². The Balaban J connectivity index is 2.08. The van der Waals surface area contributed by atoms with Gasteiger partial charge in [-0.2, -0.15) is 0 Å². The lowest BCUT2D eigenvalue weighted by Crippen LogP contribution is -2.31. The van der Waals surface area contributed by atoms with E-state index in [2.05, 4.69) is 4.98 Å². The first-order valence-corrected chi connectivity index (χ1v) is 9.26. The molecule has 134 valence electrons. The SMILES string of the molecule is C[C@@H](Sc1nc2ccccc2c(=O)n1Cc1ccccc1)C(=O)N(C)C. The van der Waals surface area contributed by atoms with Crippen molar-refractivity contribution < 1.29 is 4.79 Å². The molecule has 1 amide bonds. The summed E-state index contributed by atoms with van der Waals surface area (Å²) in [6.07, 6.45) is 0. The lowest BCUT2D eigenvalue weighted by molar-refractivity contribution is -0.127. The van der Waals surface area contributed by atoms with E-state index in [1.807, 2.05) is 55.5 Å². The van der Waals surface area contributed by atoms with Crippen LogP contribution in [0, 0.1) is 0 Å². The minimum absolute atomic E-state index is 0.0105. The summed E-state index contributed by atoms with van der Waals surface area (Å²) in [4.78, 5) is 31.5. The first-order chi connectivity index (χ1) is 12.5. The summed E-state index contributed by atoms with van der Waals surface area (Å²) >= 11 is 1.32. The zero-order valence-electron chi connectivity index (χ0n) is 15.0. The maximum Gasteiger partial charge on any atom is 0.262 e. The summed E-state index contributed by atoms with van der Waals surface area (Å²) in [6, 6.07) is 17.1. The first-order valence-electron chi connectivity index (χ1n) is 8.38. The molecule has 3 aromatic rings. The number of amides is 1. The molecule has 0 spiro atoms. The van der Waals surface area contributed by atoms with Crippen molar-refractivity contribution in [3.63, 3.8) is 0 Å². The van der Waals surface area contributed by atoms with Gasteiger partial charge in [-0.25, -0.2) is 4.98 Å². The maximum atomic E-state index is 13.1. The second-order valence-electron chi connectivity index (χ2n) is 6.28. The Kier molecular flexibility index (Phi) is 5.42. The lowest BCUT2D eigenvalue weighted by atomic mass is 10.2. The molecule has 0 aliphatic carbocycles. The summed E-state index contributed by atoms with van der Waals surface area (Å²) in [5, 5.41) is 0.805. The van der Waals surface area contributed by atoms with Gasteiger partial charge in [0.25, 0.3) is 5.56 Å². The summed E-state index contributed by atoms with van der Waals surface area (Å²) in [6.45, 7) is 2.25. The number of nitrogens with zero attached hydrogens (tertiary/aromatic N) is 3. The van der Waals surface area contributed by atoms with Gasteiger partial charge in [0.2, 0.25) is 5.91 Å². The monoisotopic (exact) mass is 367 g/mol. The van der Waals surface area contributed by atoms with Crippen molar-refractivity contribution in [2.45, 2.75) is 23.9 Å². The van der Waals surface area contributed by atoms with E-state index in [0.717, 1.165) is 5.56 Å². The molecule has 0 radical (unpaired) electrons. The second kappa shape index (κ2) is 7.74. The van der Waals surface area contributed by atoms with Gasteiger partial charge in [-0.15, -0.1) is 0 Å². The highest BCUT2D eigenvalue weighted by Crippen LogP contribution is 2.24. The van der Waals surface area contributed by atoms with Gasteiger partial charge in [-0.05, 0) is 24.6 Å². The second-order valence-corrected chi connectivity index (χ2v) is 7.59. The molecule has 1 heterocycles. The van der Waals surface area contributed by atoms with E-state index in [1.165, 1.54) is 11.8 Å². The highest BCUT2D eigenvalue weighted by Gasteiger charge is 2.20. The van der Waals surface area contributed by atoms with E-state index in [1.54, 1.807) is 29.6 Å². The third-order valence-electron chi connectivity index (χ3n) is 4.08. The average molecular weight is 367 g/mol. The molecule has 0 fully saturated rings. The van der Waals surface area contributed by atoms with Crippen LogP contribution in [-0.4, -0.2) is 39.7 Å². The van der Waals surface area contributed by atoms with Crippen LogP contribution in [0.4, 0.5) is 0 Å². The molecular formula is C20H21N3O2S. The first kappa shape index (κ1) is 18.2. The molecule has 0 N–H and O–H groups in total. The van der Waals surface area contributed by atoms with E-state index in [0.29, 0.717) is 22.6 Å². The van der Waals surface area contributed by atoms with Gasteiger partial charge >= 0.3 is 0 Å². The van der Waals surface area contributed by atoms with Crippen molar-refractivity contribution in [2.24, 2.45) is 0 Å². The molecule has 26 heavy (non-hydrogen) atoms. The van der Waals surface area contributed by atoms with Crippen LogP contribution in [0.3, 0.4) is 0 Å². The molecule has 2 aromatic carbocycles. The number of benzene rings is 2. The molecule has 0 aliphatic rings. The topological polar surface area (TPSA) is 55.2 Å². The van der Waals surface area contributed by atoms with Gasteiger partial charge in [0.1, 0.15) is 0 Å². The Labute approximate surface area is 156 Å². The predicted molar refractivity (Wildman–Crippen MR) is 106 cm³/mol. The molecule has 0 saturated heterocycles. The van der Waals surface area contributed by atoms with Crippen molar-refractivity contribution in [2.75, 3.05) is 14.1 Å². The third kappa shape index (κ3) is 3.80. The van der Waals surface area contributed by atoms with Crippen molar-refractivity contribution in [1.82, 2.24) is 14.5 Å². The summed E-state index contributed by atoms with van der Waals surface area (Å²) in [7, 11) is 3.45. The van der Waals surface area contributed by atoms with E-state index in [-0.39, 0.29) is 16.7 Å². The summed E-state index contributed by atoms with van der Waals surface area (Å²) in [5.41, 5.74) is 1.57. The Morgan fingerprint density at radius 1 is 1.12 bits per heavy atom. The van der Waals surface area contributed by atoms with Gasteiger partial charge in [-0.1, -0.05) is 54.2 Å². The fourth-order valence-corrected chi connectivity index (χ4v) is 3.77. The van der Waals surface area contributed by atoms with Crippen LogP contribution in [0.25, 0.3) is 10.9 Å². The van der Waals surface area contributed by atoms with Crippen molar-refractivity contribution >= 4 is 28.6 Å². The number of hydrogen-bond donors (Lipinski definition) is 0. The Morgan fingerprint density at radius 3 is 2.46 bits per heavy atom. The van der Waals surface area contributed by atoms with Crippen LogP contribution < -0.4 is 5.56 Å².